The van der Waals surface area contributed by atoms with Gasteiger partial charge in [0.05, 0.1) is 23.6 Å². The van der Waals surface area contributed by atoms with Crippen molar-refractivity contribution in [3.63, 3.8) is 0 Å². The molecule has 11 nitrogen and oxygen atoms in total. The number of fused-ring (bicyclic) bond motifs is 1. The number of nitrogens with one attached hydrogen (secondary N) is 1. The summed E-state index contributed by atoms with van der Waals surface area (Å²) in [6.45, 7) is 1.87. The van der Waals surface area contributed by atoms with E-state index in [0.29, 0.717) is 29.5 Å². The number of hydrogen-bond donors (Lipinski definition) is 2. The van der Waals surface area contributed by atoms with E-state index in [4.69, 9.17) is 15.2 Å². The molecule has 3 N–H and O–H groups in total. The van der Waals surface area contributed by atoms with Gasteiger partial charge in [0, 0.05) is 23.7 Å². The van der Waals surface area contributed by atoms with Gasteiger partial charge in [0.25, 0.3) is 5.69 Å². The highest BCUT2D eigenvalue weighted by atomic mass is 16.6. The number of ether oxygens (including phenoxy) is 2. The number of methoxy groups -OCH3 is 1. The van der Waals surface area contributed by atoms with Crippen molar-refractivity contribution >= 4 is 34.6 Å². The van der Waals surface area contributed by atoms with Crippen LogP contribution in [0.5, 0.6) is 0 Å². The van der Waals surface area contributed by atoms with Crippen molar-refractivity contribution in [2.45, 2.75) is 51.3 Å². The molecule has 0 saturated carbocycles. The van der Waals surface area contributed by atoms with Crippen LogP contribution >= 0.6 is 0 Å². The van der Waals surface area contributed by atoms with Crippen LogP contribution in [0.3, 0.4) is 0 Å². The maximum atomic E-state index is 12.9. The summed E-state index contributed by atoms with van der Waals surface area (Å²) >= 11 is 0. The first-order valence-electron chi connectivity index (χ1n) is 11.9. The second kappa shape index (κ2) is 12.6. The molecule has 0 fully saturated rings. The highest BCUT2D eigenvalue weighted by molar-refractivity contribution is 5.93. The molecule has 0 aliphatic carbocycles. The normalized spacial score (nSPS) is 12.5. The molecule has 0 aliphatic heterocycles. The number of nitrogens with two attached hydrogens (primary N) is 1. The zero-order valence-corrected chi connectivity index (χ0v) is 20.7. The summed E-state index contributed by atoms with van der Waals surface area (Å²) in [5, 5.41) is 14.3. The molecule has 0 radical (unpaired) electrons. The third kappa shape index (κ3) is 6.91. The molecule has 2 atom stereocenters. The number of aromatic nitrogens is 1. The number of non-ortho nitro benzene ring substituents is 1. The first-order valence-corrected chi connectivity index (χ1v) is 11.9. The molecule has 1 heterocycles. The smallest absolute Gasteiger partial charge is 0.418 e. The summed E-state index contributed by atoms with van der Waals surface area (Å²) in [5.41, 5.74) is 8.03. The molecule has 11 heteroatoms. The van der Waals surface area contributed by atoms with E-state index in [1.807, 2.05) is 19.1 Å². The van der Waals surface area contributed by atoms with Crippen molar-refractivity contribution in [3.8, 4) is 0 Å². The van der Waals surface area contributed by atoms with Crippen molar-refractivity contribution in [2.75, 3.05) is 7.11 Å². The maximum Gasteiger partial charge on any atom is 0.418 e. The second-order valence-corrected chi connectivity index (χ2v) is 8.56. The van der Waals surface area contributed by atoms with Crippen LogP contribution in [0.25, 0.3) is 10.9 Å². The Balaban J connectivity index is 1.66. The van der Waals surface area contributed by atoms with Crippen molar-refractivity contribution in [1.82, 2.24) is 9.88 Å². The van der Waals surface area contributed by atoms with Crippen molar-refractivity contribution in [1.29, 1.82) is 0 Å². The van der Waals surface area contributed by atoms with Gasteiger partial charge in [0.1, 0.15) is 12.6 Å². The molecule has 37 heavy (non-hydrogen) atoms. The van der Waals surface area contributed by atoms with Crippen LogP contribution in [0.4, 0.5) is 10.5 Å². The third-order valence-electron chi connectivity index (χ3n) is 5.92. The molecule has 1 aromatic heterocycles. The average Bonchev–Trinajstić information content (AvgIpc) is 3.27. The second-order valence-electron chi connectivity index (χ2n) is 8.56. The molecule has 3 rings (SSSR count). The topological polar surface area (TPSA) is 156 Å². The van der Waals surface area contributed by atoms with Gasteiger partial charge in [0.15, 0.2) is 0 Å². The molecule has 196 valence electrons. The van der Waals surface area contributed by atoms with E-state index in [1.165, 1.54) is 35.9 Å². The number of carbonyl (C=O) groups excluding carboxylic acids is 3. The van der Waals surface area contributed by atoms with Crippen molar-refractivity contribution < 1.29 is 28.8 Å². The summed E-state index contributed by atoms with van der Waals surface area (Å²) < 4.78 is 11.6. The molecule has 2 unspecified atom stereocenters. The van der Waals surface area contributed by atoms with E-state index >= 15 is 0 Å². The summed E-state index contributed by atoms with van der Waals surface area (Å²) in [6, 6.07) is 11.0. The first-order chi connectivity index (χ1) is 17.7. The van der Waals surface area contributed by atoms with Crippen LogP contribution < -0.4 is 11.1 Å². The quantitative estimate of drug-likeness (QED) is 0.226. The zero-order chi connectivity index (χ0) is 26.9. The number of unbranched alkanes of at least 4 members (excludes halogenated alkanes) is 1. The fraction of sp³-hybridized carbons (Fsp3) is 0.346. The van der Waals surface area contributed by atoms with E-state index < -0.39 is 35.0 Å². The molecule has 0 bridgehead atoms. The maximum absolute atomic E-state index is 12.9. The van der Waals surface area contributed by atoms with Crippen LogP contribution in [0.2, 0.25) is 0 Å². The van der Waals surface area contributed by atoms with Crippen molar-refractivity contribution in [3.05, 3.63) is 76.0 Å². The molecule has 0 saturated heterocycles. The van der Waals surface area contributed by atoms with Gasteiger partial charge in [-0.2, -0.15) is 0 Å². The number of nitro groups is 1. The Kier molecular flexibility index (Phi) is 9.33. The minimum Gasteiger partial charge on any atom is -0.459 e. The first kappa shape index (κ1) is 27.3. The number of benzene rings is 2. The minimum absolute atomic E-state index is 0.0631. The molecular weight excluding hydrogens is 480 g/mol. The molecule has 0 spiro atoms. The fourth-order valence-corrected chi connectivity index (χ4v) is 3.90. The lowest BCUT2D eigenvalue weighted by Crippen LogP contribution is -2.49. The van der Waals surface area contributed by atoms with Gasteiger partial charge in [-0.3, -0.25) is 19.5 Å². The lowest BCUT2D eigenvalue weighted by atomic mass is 10.0. The van der Waals surface area contributed by atoms with Crippen LogP contribution in [0, 0.1) is 10.1 Å². The predicted molar refractivity (Wildman–Crippen MR) is 136 cm³/mol. The van der Waals surface area contributed by atoms with Gasteiger partial charge in [-0.05, 0) is 42.2 Å². The number of carbonyl (C=O) groups is 3. The Morgan fingerprint density at radius 3 is 2.49 bits per heavy atom. The number of para-hydroxylation sites is 1. The Morgan fingerprint density at radius 1 is 1.14 bits per heavy atom. The largest absolute Gasteiger partial charge is 0.459 e. The molecule has 3 aromatic rings. The Morgan fingerprint density at radius 2 is 1.84 bits per heavy atom. The molecule has 1 amide bonds. The van der Waals surface area contributed by atoms with Gasteiger partial charge in [0.2, 0.25) is 5.91 Å². The number of nitro benzene ring substituents is 1. The number of esters is 1. The van der Waals surface area contributed by atoms with E-state index in [-0.39, 0.29) is 18.7 Å². The fourth-order valence-electron chi connectivity index (χ4n) is 3.90. The van der Waals surface area contributed by atoms with Gasteiger partial charge < -0.3 is 20.5 Å². The Bertz CT molecular complexity index is 1270. The molecular formula is C26H30N4O7. The number of nitrogens with zero attached hydrogens (tertiary/aromatic N) is 2. The highest BCUT2D eigenvalue weighted by Gasteiger charge is 2.26. The molecule has 2 aromatic carbocycles. The Hall–Kier alpha value is -4.25. The average molecular weight is 511 g/mol. The zero-order valence-electron chi connectivity index (χ0n) is 20.7. The van der Waals surface area contributed by atoms with Crippen molar-refractivity contribution in [2.24, 2.45) is 5.73 Å². The summed E-state index contributed by atoms with van der Waals surface area (Å²) in [6.07, 6.45) is 3.03. The standard InChI is InChI=1S/C26H30N4O7/c1-3-4-8-22(25(32)37-16-17-10-12-19(13-11-17)30(34)35)28-24(31)21(27)14-18-15-29(26(33)36-2)23-9-6-5-7-20(18)23/h5-7,9-13,15,21-22H,3-4,8,14,16,27H2,1-2H3,(H,28,31). The van der Waals surface area contributed by atoms with Gasteiger partial charge in [-0.25, -0.2) is 9.59 Å². The van der Waals surface area contributed by atoms with Gasteiger partial charge in [-0.1, -0.05) is 38.0 Å². The van der Waals surface area contributed by atoms with Crippen LogP contribution in [0.15, 0.2) is 54.7 Å². The minimum atomic E-state index is -0.983. The lowest BCUT2D eigenvalue weighted by Gasteiger charge is -2.20. The van der Waals surface area contributed by atoms with E-state index in [9.17, 15) is 24.5 Å². The number of amides is 1. The number of hydrogen-bond acceptors (Lipinski definition) is 8. The molecule has 0 aliphatic rings. The predicted octanol–water partition coefficient (Wildman–Crippen LogP) is 3.45. The highest BCUT2D eigenvalue weighted by Crippen LogP contribution is 2.23. The lowest BCUT2D eigenvalue weighted by molar-refractivity contribution is -0.384. The summed E-state index contributed by atoms with van der Waals surface area (Å²) in [5.74, 6) is -1.14. The van der Waals surface area contributed by atoms with Crippen LogP contribution in [-0.4, -0.2) is 46.7 Å². The van der Waals surface area contributed by atoms with Crippen LogP contribution in [0.1, 0.15) is 37.3 Å². The summed E-state index contributed by atoms with van der Waals surface area (Å²) in [4.78, 5) is 48.1. The SMILES string of the molecule is CCCCC(NC(=O)C(N)Cc1cn(C(=O)OC)c2ccccc12)C(=O)OCc1ccc([N+](=O)[O-])cc1. The third-order valence-corrected chi connectivity index (χ3v) is 5.92. The summed E-state index contributed by atoms with van der Waals surface area (Å²) in [7, 11) is 1.28. The van der Waals surface area contributed by atoms with E-state index in [0.717, 1.165) is 11.8 Å². The Labute approximate surface area is 213 Å². The van der Waals surface area contributed by atoms with E-state index in [2.05, 4.69) is 5.32 Å². The van der Waals surface area contributed by atoms with E-state index in [1.54, 1.807) is 18.3 Å². The van der Waals surface area contributed by atoms with Gasteiger partial charge in [-0.15, -0.1) is 0 Å². The number of rotatable bonds is 11. The van der Waals surface area contributed by atoms with Gasteiger partial charge >= 0.3 is 12.1 Å². The van der Waals surface area contributed by atoms with Crippen LogP contribution in [-0.2, 0) is 32.1 Å². The monoisotopic (exact) mass is 510 g/mol.